The molecule has 1 aromatic heterocycles. The predicted molar refractivity (Wildman–Crippen MR) is 38.7 cm³/mol. The Kier molecular flexibility index (Phi) is 2.06. The standard InChI is InChI=1S/C7H7N2O2/c1-5(10)9-7-3-2-6(11)4-8-7/h2-4H,1H3,(H,8,9,10). The summed E-state index contributed by atoms with van der Waals surface area (Å²) >= 11 is 0. The molecule has 1 N–H and O–H groups in total. The van der Waals surface area contributed by atoms with Crippen LogP contribution in [0.15, 0.2) is 18.3 Å². The van der Waals surface area contributed by atoms with Gasteiger partial charge in [-0.1, -0.05) is 0 Å². The van der Waals surface area contributed by atoms with E-state index >= 15 is 0 Å². The average molecular weight is 151 g/mol. The third kappa shape index (κ3) is 2.25. The summed E-state index contributed by atoms with van der Waals surface area (Å²) in [7, 11) is 0. The number of amides is 1. The van der Waals surface area contributed by atoms with Crippen LogP contribution in [0.2, 0.25) is 0 Å². The van der Waals surface area contributed by atoms with E-state index in [9.17, 15) is 9.90 Å². The molecule has 0 aliphatic carbocycles. The van der Waals surface area contributed by atoms with E-state index in [1.165, 1.54) is 19.1 Å². The lowest BCUT2D eigenvalue weighted by Gasteiger charge is -1.97. The van der Waals surface area contributed by atoms with E-state index in [2.05, 4.69) is 10.3 Å². The summed E-state index contributed by atoms with van der Waals surface area (Å²) in [6.45, 7) is 1.38. The maximum absolute atomic E-state index is 10.5. The smallest absolute Gasteiger partial charge is 0.222 e. The van der Waals surface area contributed by atoms with Crippen LogP contribution < -0.4 is 5.32 Å². The van der Waals surface area contributed by atoms with Gasteiger partial charge >= 0.3 is 0 Å². The van der Waals surface area contributed by atoms with Crippen LogP contribution in [0.3, 0.4) is 0 Å². The molecule has 0 fully saturated rings. The minimum atomic E-state index is -0.198. The first-order chi connectivity index (χ1) is 5.18. The highest BCUT2D eigenvalue weighted by molar-refractivity contribution is 5.87. The summed E-state index contributed by atoms with van der Waals surface area (Å²) in [5.41, 5.74) is 0. The highest BCUT2D eigenvalue weighted by Crippen LogP contribution is 2.09. The molecule has 0 unspecified atom stereocenters. The molecule has 0 spiro atoms. The molecule has 0 aliphatic rings. The van der Waals surface area contributed by atoms with Gasteiger partial charge < -0.3 is 5.32 Å². The van der Waals surface area contributed by atoms with Gasteiger partial charge in [0, 0.05) is 6.92 Å². The molecule has 1 aromatic rings. The zero-order chi connectivity index (χ0) is 8.27. The number of nitrogens with one attached hydrogen (secondary N) is 1. The number of rotatable bonds is 1. The summed E-state index contributed by atoms with van der Waals surface area (Å²) in [4.78, 5) is 14.1. The number of pyridine rings is 1. The van der Waals surface area contributed by atoms with Crippen LogP contribution in [-0.2, 0) is 9.90 Å². The molecule has 4 nitrogen and oxygen atoms in total. The third-order valence-electron chi connectivity index (χ3n) is 1.04. The number of carbonyl (C=O) groups excluding carboxylic acids is 1. The average Bonchev–Trinajstić information content (AvgIpc) is 1.93. The Balaban J connectivity index is 2.74. The fourth-order valence-corrected chi connectivity index (χ4v) is 0.635. The van der Waals surface area contributed by atoms with Crippen molar-refractivity contribution in [2.75, 3.05) is 5.32 Å². The summed E-state index contributed by atoms with van der Waals surface area (Å²) in [6.07, 6.45) is 1.16. The number of carbonyl (C=O) groups is 1. The van der Waals surface area contributed by atoms with Gasteiger partial charge in [0.05, 0.1) is 6.20 Å². The van der Waals surface area contributed by atoms with Crippen molar-refractivity contribution in [1.82, 2.24) is 4.98 Å². The van der Waals surface area contributed by atoms with Crippen LogP contribution in [0, 0.1) is 0 Å². The van der Waals surface area contributed by atoms with E-state index in [1.54, 1.807) is 0 Å². The van der Waals surface area contributed by atoms with E-state index in [0.29, 0.717) is 5.82 Å². The van der Waals surface area contributed by atoms with Gasteiger partial charge in [-0.15, -0.1) is 0 Å². The fourth-order valence-electron chi connectivity index (χ4n) is 0.635. The van der Waals surface area contributed by atoms with Crippen molar-refractivity contribution in [2.45, 2.75) is 6.92 Å². The van der Waals surface area contributed by atoms with Gasteiger partial charge in [-0.3, -0.25) is 9.90 Å². The van der Waals surface area contributed by atoms with Crippen LogP contribution in [0.4, 0.5) is 5.82 Å². The molecule has 1 rings (SSSR count). The molecule has 1 amide bonds. The third-order valence-corrected chi connectivity index (χ3v) is 1.04. The summed E-state index contributed by atoms with van der Waals surface area (Å²) in [6, 6.07) is 2.81. The van der Waals surface area contributed by atoms with Crippen molar-refractivity contribution >= 4 is 11.7 Å². The van der Waals surface area contributed by atoms with Gasteiger partial charge in [0.1, 0.15) is 5.82 Å². The Hall–Kier alpha value is -1.58. The second kappa shape index (κ2) is 3.01. The topological polar surface area (TPSA) is 61.9 Å². The Bertz CT molecular complexity index is 256. The fraction of sp³-hybridized carbons (Fsp3) is 0.143. The lowest BCUT2D eigenvalue weighted by atomic mass is 10.4. The molecular formula is C7H7N2O2. The number of hydrogen-bond donors (Lipinski definition) is 1. The quantitative estimate of drug-likeness (QED) is 0.655. The normalized spacial score (nSPS) is 9.18. The van der Waals surface area contributed by atoms with Crippen molar-refractivity contribution < 1.29 is 9.90 Å². The summed E-state index contributed by atoms with van der Waals surface area (Å²) in [5.74, 6) is 0.0346. The first-order valence-electron chi connectivity index (χ1n) is 3.09. The van der Waals surface area contributed by atoms with Gasteiger partial charge in [0.25, 0.3) is 0 Å². The molecule has 4 heteroatoms. The molecule has 57 valence electrons. The van der Waals surface area contributed by atoms with Crippen molar-refractivity contribution in [2.24, 2.45) is 0 Å². The van der Waals surface area contributed by atoms with E-state index in [0.717, 1.165) is 6.20 Å². The Morgan fingerprint density at radius 2 is 2.27 bits per heavy atom. The van der Waals surface area contributed by atoms with Gasteiger partial charge in [0.2, 0.25) is 5.91 Å². The largest absolute Gasteiger partial charge is 0.311 e. The highest BCUT2D eigenvalue weighted by Gasteiger charge is 1.95. The van der Waals surface area contributed by atoms with Crippen molar-refractivity contribution in [3.63, 3.8) is 0 Å². The van der Waals surface area contributed by atoms with E-state index in [4.69, 9.17) is 0 Å². The molecule has 0 aromatic carbocycles. The first-order valence-corrected chi connectivity index (χ1v) is 3.09. The number of aromatic nitrogens is 1. The molecule has 0 atom stereocenters. The van der Waals surface area contributed by atoms with E-state index < -0.39 is 0 Å². The Labute approximate surface area is 63.9 Å². The highest BCUT2D eigenvalue weighted by atomic mass is 16.3. The maximum Gasteiger partial charge on any atom is 0.222 e. The van der Waals surface area contributed by atoms with Crippen LogP contribution in [0.5, 0.6) is 5.75 Å². The zero-order valence-corrected chi connectivity index (χ0v) is 6.00. The minimum Gasteiger partial charge on any atom is -0.311 e. The molecule has 11 heavy (non-hydrogen) atoms. The Morgan fingerprint density at radius 1 is 1.55 bits per heavy atom. The van der Waals surface area contributed by atoms with Crippen molar-refractivity contribution in [3.05, 3.63) is 18.3 Å². The molecule has 1 heterocycles. The van der Waals surface area contributed by atoms with Gasteiger partial charge in [-0.25, -0.2) is 4.98 Å². The predicted octanol–water partition coefficient (Wildman–Crippen LogP) is 1.18. The van der Waals surface area contributed by atoms with E-state index in [1.807, 2.05) is 0 Å². The zero-order valence-electron chi connectivity index (χ0n) is 6.00. The van der Waals surface area contributed by atoms with Crippen LogP contribution in [0.1, 0.15) is 6.92 Å². The molecule has 0 aliphatic heterocycles. The molecular weight excluding hydrogens is 144 g/mol. The molecule has 1 radical (unpaired) electrons. The first kappa shape index (κ1) is 7.53. The number of nitrogens with zero attached hydrogens (tertiary/aromatic N) is 1. The van der Waals surface area contributed by atoms with E-state index in [-0.39, 0.29) is 11.7 Å². The van der Waals surface area contributed by atoms with Crippen LogP contribution >= 0.6 is 0 Å². The maximum atomic E-state index is 10.5. The minimum absolute atomic E-state index is 0.167. The van der Waals surface area contributed by atoms with Gasteiger partial charge in [0.15, 0.2) is 5.75 Å². The van der Waals surface area contributed by atoms with Crippen molar-refractivity contribution in [1.29, 1.82) is 0 Å². The SMILES string of the molecule is CC(=O)Nc1ccc([O])cn1. The summed E-state index contributed by atoms with van der Waals surface area (Å²) < 4.78 is 0. The molecule has 0 bridgehead atoms. The second-order valence-corrected chi connectivity index (χ2v) is 2.06. The van der Waals surface area contributed by atoms with Crippen LogP contribution in [0.25, 0.3) is 0 Å². The van der Waals surface area contributed by atoms with Gasteiger partial charge in [-0.05, 0) is 12.1 Å². The molecule has 0 saturated carbocycles. The number of anilines is 1. The van der Waals surface area contributed by atoms with Gasteiger partial charge in [-0.2, -0.15) is 0 Å². The Morgan fingerprint density at radius 3 is 2.73 bits per heavy atom. The molecule has 0 saturated heterocycles. The number of hydrogen-bond acceptors (Lipinski definition) is 2. The second-order valence-electron chi connectivity index (χ2n) is 2.06. The lowest BCUT2D eigenvalue weighted by Crippen LogP contribution is -2.06. The monoisotopic (exact) mass is 151 g/mol. The lowest BCUT2D eigenvalue weighted by molar-refractivity contribution is -0.114. The van der Waals surface area contributed by atoms with Crippen LogP contribution in [-0.4, -0.2) is 10.9 Å². The van der Waals surface area contributed by atoms with Crippen molar-refractivity contribution in [3.8, 4) is 5.75 Å². The summed E-state index contributed by atoms with van der Waals surface area (Å²) in [5, 5.41) is 13.0.